The highest BCUT2D eigenvalue weighted by Gasteiger charge is 2.44. The number of sulfone groups is 1. The lowest BCUT2D eigenvalue weighted by Gasteiger charge is -2.35. The summed E-state index contributed by atoms with van der Waals surface area (Å²) in [6, 6.07) is 3.65. The van der Waals surface area contributed by atoms with E-state index in [1.165, 1.54) is 0 Å². The fraction of sp³-hybridized carbons (Fsp3) is 0.615. The monoisotopic (exact) mass is 363 g/mol. The molecule has 1 aromatic rings. The molecule has 0 bridgehead atoms. The second-order valence-electron chi connectivity index (χ2n) is 5.42. The molecule has 0 saturated carbocycles. The van der Waals surface area contributed by atoms with Crippen molar-refractivity contribution in [3.8, 4) is 0 Å². The first-order chi connectivity index (χ1) is 9.41. The molecule has 0 spiro atoms. The molecule has 112 valence electrons. The van der Waals surface area contributed by atoms with Crippen molar-refractivity contribution in [2.45, 2.75) is 12.8 Å². The van der Waals surface area contributed by atoms with Gasteiger partial charge >= 0.3 is 0 Å². The Bertz CT molecular complexity index is 554. The van der Waals surface area contributed by atoms with Gasteiger partial charge in [0.15, 0.2) is 9.84 Å². The van der Waals surface area contributed by atoms with Gasteiger partial charge in [-0.3, -0.25) is 4.98 Å². The summed E-state index contributed by atoms with van der Waals surface area (Å²) in [6.45, 7) is -0.497. The third-order valence-corrected chi connectivity index (χ3v) is 6.29. The van der Waals surface area contributed by atoms with Crippen LogP contribution in [0.4, 0.5) is 0 Å². The summed E-state index contributed by atoms with van der Waals surface area (Å²) in [4.78, 5) is 4.25. The average molecular weight is 364 g/mol. The molecule has 1 unspecified atom stereocenters. The maximum absolute atomic E-state index is 11.6. The van der Waals surface area contributed by atoms with Crippen LogP contribution in [0.1, 0.15) is 12.1 Å². The summed E-state index contributed by atoms with van der Waals surface area (Å²) < 4.78 is 24.1. The molecule has 0 aliphatic carbocycles. The first kappa shape index (κ1) is 15.9. The van der Waals surface area contributed by atoms with Crippen LogP contribution in [-0.2, 0) is 16.3 Å². The van der Waals surface area contributed by atoms with Gasteiger partial charge in [0.2, 0.25) is 0 Å². The van der Waals surface area contributed by atoms with E-state index in [1.54, 1.807) is 6.20 Å². The minimum absolute atomic E-state index is 0.0324. The molecular formula is C13H18BrNO4S. The van der Waals surface area contributed by atoms with Crippen LogP contribution in [0.3, 0.4) is 0 Å². The number of hydrogen-bond acceptors (Lipinski definition) is 5. The van der Waals surface area contributed by atoms with Gasteiger partial charge < -0.3 is 10.2 Å². The van der Waals surface area contributed by atoms with Crippen molar-refractivity contribution in [3.05, 3.63) is 28.5 Å². The van der Waals surface area contributed by atoms with Gasteiger partial charge in [0.1, 0.15) is 0 Å². The number of nitrogens with zero attached hydrogens (tertiary/aromatic N) is 1. The predicted octanol–water partition coefficient (Wildman–Crippen LogP) is 0.792. The van der Waals surface area contributed by atoms with Crippen molar-refractivity contribution in [3.63, 3.8) is 0 Å². The summed E-state index contributed by atoms with van der Waals surface area (Å²) in [6.07, 6.45) is 2.51. The van der Waals surface area contributed by atoms with E-state index in [-0.39, 0.29) is 30.6 Å². The topological polar surface area (TPSA) is 87.5 Å². The third kappa shape index (κ3) is 3.39. The minimum atomic E-state index is -3.05. The van der Waals surface area contributed by atoms with Crippen molar-refractivity contribution in [1.29, 1.82) is 0 Å². The Labute approximate surface area is 127 Å². The number of aliphatic hydroxyl groups excluding tert-OH is 2. The Morgan fingerprint density at radius 1 is 1.35 bits per heavy atom. The van der Waals surface area contributed by atoms with Crippen LogP contribution in [0.5, 0.6) is 0 Å². The molecular weight excluding hydrogens is 346 g/mol. The number of aliphatic hydroxyl groups is 2. The highest BCUT2D eigenvalue weighted by atomic mass is 79.9. The number of aromatic nitrogens is 1. The maximum Gasteiger partial charge on any atom is 0.150 e. The molecule has 0 radical (unpaired) electrons. The largest absolute Gasteiger partial charge is 0.396 e. The van der Waals surface area contributed by atoms with Crippen LogP contribution in [0, 0.1) is 11.3 Å². The molecule has 0 amide bonds. The summed E-state index contributed by atoms with van der Waals surface area (Å²) in [5.74, 6) is -0.0642. The Morgan fingerprint density at radius 3 is 2.50 bits per heavy atom. The highest BCUT2D eigenvalue weighted by molar-refractivity contribution is 9.10. The van der Waals surface area contributed by atoms with E-state index >= 15 is 0 Å². The number of rotatable bonds is 5. The van der Waals surface area contributed by atoms with Crippen LogP contribution < -0.4 is 0 Å². The van der Waals surface area contributed by atoms with E-state index in [9.17, 15) is 18.6 Å². The van der Waals surface area contributed by atoms with Gasteiger partial charge in [0.25, 0.3) is 0 Å². The summed E-state index contributed by atoms with van der Waals surface area (Å²) >= 11 is 3.30. The Morgan fingerprint density at radius 2 is 2.05 bits per heavy atom. The minimum Gasteiger partial charge on any atom is -0.396 e. The molecule has 1 fully saturated rings. The molecule has 7 heteroatoms. The third-order valence-electron chi connectivity index (χ3n) is 4.05. The van der Waals surface area contributed by atoms with Crippen molar-refractivity contribution < 1.29 is 18.6 Å². The molecule has 0 aromatic carbocycles. The maximum atomic E-state index is 11.6. The molecule has 1 saturated heterocycles. The van der Waals surface area contributed by atoms with Crippen molar-refractivity contribution in [2.75, 3.05) is 24.7 Å². The van der Waals surface area contributed by atoms with Crippen LogP contribution >= 0.6 is 15.9 Å². The summed E-state index contributed by atoms with van der Waals surface area (Å²) in [5.41, 5.74) is -0.0923. The second kappa shape index (κ2) is 6.09. The molecule has 2 rings (SSSR count). The van der Waals surface area contributed by atoms with Crippen LogP contribution in [0.2, 0.25) is 0 Å². The SMILES string of the molecule is O=S1(=O)CCC(C(CO)(CO)Cc2ccc(Br)cn2)C1. The van der Waals surface area contributed by atoms with Crippen molar-refractivity contribution in [2.24, 2.45) is 11.3 Å². The van der Waals surface area contributed by atoms with E-state index in [0.717, 1.165) is 10.2 Å². The lowest BCUT2D eigenvalue weighted by Crippen LogP contribution is -2.41. The molecule has 1 aliphatic rings. The van der Waals surface area contributed by atoms with Crippen LogP contribution in [0.15, 0.2) is 22.8 Å². The first-order valence-corrected chi connectivity index (χ1v) is 9.05. The smallest absolute Gasteiger partial charge is 0.150 e. The zero-order chi connectivity index (χ0) is 14.8. The molecule has 1 atom stereocenters. The van der Waals surface area contributed by atoms with Gasteiger partial charge in [0, 0.05) is 21.8 Å². The van der Waals surface area contributed by atoms with Crippen LogP contribution in [0.25, 0.3) is 0 Å². The normalized spacial score (nSPS) is 22.1. The number of hydrogen-bond donors (Lipinski definition) is 2. The van der Waals surface area contributed by atoms with Gasteiger partial charge in [-0.25, -0.2) is 8.42 Å². The Kier molecular flexibility index (Phi) is 4.84. The van der Waals surface area contributed by atoms with E-state index < -0.39 is 15.3 Å². The summed E-state index contributed by atoms with van der Waals surface area (Å²) in [7, 11) is -3.05. The lowest BCUT2D eigenvalue weighted by molar-refractivity contribution is 0.0117. The quantitative estimate of drug-likeness (QED) is 0.807. The molecule has 5 nitrogen and oxygen atoms in total. The van der Waals surface area contributed by atoms with E-state index in [2.05, 4.69) is 20.9 Å². The van der Waals surface area contributed by atoms with E-state index in [0.29, 0.717) is 12.8 Å². The first-order valence-electron chi connectivity index (χ1n) is 6.43. The fourth-order valence-electron chi connectivity index (χ4n) is 2.71. The summed E-state index contributed by atoms with van der Waals surface area (Å²) in [5, 5.41) is 19.5. The number of pyridine rings is 1. The zero-order valence-electron chi connectivity index (χ0n) is 11.0. The molecule has 20 heavy (non-hydrogen) atoms. The second-order valence-corrected chi connectivity index (χ2v) is 8.57. The standard InChI is InChI=1S/C13H18BrNO4S/c14-11-1-2-12(15-6-11)5-13(8-16,9-17)10-3-4-20(18,19)7-10/h1-2,6,10,16-17H,3-5,7-9H2. The molecule has 2 heterocycles. The zero-order valence-corrected chi connectivity index (χ0v) is 13.4. The van der Waals surface area contributed by atoms with Crippen molar-refractivity contribution in [1.82, 2.24) is 4.98 Å². The van der Waals surface area contributed by atoms with Gasteiger partial charge in [0.05, 0.1) is 24.7 Å². The number of halogens is 1. The van der Waals surface area contributed by atoms with Crippen molar-refractivity contribution >= 4 is 25.8 Å². The fourth-order valence-corrected chi connectivity index (χ4v) is 4.89. The van der Waals surface area contributed by atoms with E-state index in [4.69, 9.17) is 0 Å². The highest BCUT2D eigenvalue weighted by Crippen LogP contribution is 2.38. The van der Waals surface area contributed by atoms with E-state index in [1.807, 2.05) is 12.1 Å². The molecule has 2 N–H and O–H groups in total. The molecule has 1 aliphatic heterocycles. The van der Waals surface area contributed by atoms with Gasteiger partial charge in [-0.15, -0.1) is 0 Å². The molecule has 1 aromatic heterocycles. The lowest BCUT2D eigenvalue weighted by atomic mass is 9.73. The van der Waals surface area contributed by atoms with Crippen LogP contribution in [-0.4, -0.2) is 48.3 Å². The van der Waals surface area contributed by atoms with Gasteiger partial charge in [-0.1, -0.05) is 0 Å². The Hall–Kier alpha value is -0.500. The van der Waals surface area contributed by atoms with Gasteiger partial charge in [-0.05, 0) is 46.8 Å². The van der Waals surface area contributed by atoms with Gasteiger partial charge in [-0.2, -0.15) is 0 Å². The predicted molar refractivity (Wildman–Crippen MR) is 79.0 cm³/mol. The Balaban J connectivity index is 2.23. The average Bonchev–Trinajstić information content (AvgIpc) is 2.79.